The fourth-order valence-corrected chi connectivity index (χ4v) is 1.62. The van der Waals surface area contributed by atoms with Crippen molar-refractivity contribution in [1.82, 2.24) is 10.2 Å². The van der Waals surface area contributed by atoms with Crippen molar-refractivity contribution in [3.8, 4) is 11.5 Å². The SMILES string of the molecule is C(=Cc1cccc2c1OCO2)c1ccn[nH]1. The summed E-state index contributed by atoms with van der Waals surface area (Å²) in [6, 6.07) is 7.73. The first-order chi connectivity index (χ1) is 7.93. The molecule has 0 aliphatic carbocycles. The van der Waals surface area contributed by atoms with Crippen molar-refractivity contribution in [3.05, 3.63) is 41.7 Å². The molecule has 0 spiro atoms. The number of aromatic nitrogens is 2. The molecule has 0 bridgehead atoms. The van der Waals surface area contributed by atoms with Crippen LogP contribution in [0.4, 0.5) is 0 Å². The van der Waals surface area contributed by atoms with Gasteiger partial charge in [0.15, 0.2) is 11.5 Å². The van der Waals surface area contributed by atoms with E-state index in [1.165, 1.54) is 0 Å². The molecule has 3 rings (SSSR count). The molecule has 4 heteroatoms. The van der Waals surface area contributed by atoms with E-state index in [9.17, 15) is 0 Å². The number of nitrogens with one attached hydrogen (secondary N) is 1. The fourth-order valence-electron chi connectivity index (χ4n) is 1.62. The third kappa shape index (κ3) is 1.54. The highest BCUT2D eigenvalue weighted by molar-refractivity contribution is 5.73. The second-order valence-corrected chi connectivity index (χ2v) is 3.43. The minimum absolute atomic E-state index is 0.296. The lowest BCUT2D eigenvalue weighted by Gasteiger charge is -1.99. The molecule has 0 atom stereocenters. The summed E-state index contributed by atoms with van der Waals surface area (Å²) in [5.74, 6) is 1.60. The number of ether oxygens (including phenoxy) is 2. The van der Waals surface area contributed by atoms with Crippen LogP contribution in [-0.4, -0.2) is 17.0 Å². The van der Waals surface area contributed by atoms with E-state index in [0.717, 1.165) is 22.8 Å². The van der Waals surface area contributed by atoms with Gasteiger partial charge in [-0.25, -0.2) is 0 Å². The van der Waals surface area contributed by atoms with Crippen LogP contribution in [0.3, 0.4) is 0 Å². The number of fused-ring (bicyclic) bond motifs is 1. The van der Waals surface area contributed by atoms with E-state index in [2.05, 4.69) is 10.2 Å². The Morgan fingerprint density at radius 3 is 3.06 bits per heavy atom. The van der Waals surface area contributed by atoms with E-state index in [-0.39, 0.29) is 0 Å². The number of para-hydroxylation sites is 1. The first-order valence-corrected chi connectivity index (χ1v) is 4.99. The van der Waals surface area contributed by atoms with Crippen LogP contribution < -0.4 is 9.47 Å². The van der Waals surface area contributed by atoms with E-state index >= 15 is 0 Å². The molecule has 0 unspecified atom stereocenters. The van der Waals surface area contributed by atoms with Crippen molar-refractivity contribution in [3.63, 3.8) is 0 Å². The Kier molecular flexibility index (Phi) is 2.11. The lowest BCUT2D eigenvalue weighted by Crippen LogP contribution is -1.93. The Bertz CT molecular complexity index is 518. The Hall–Kier alpha value is -2.23. The summed E-state index contributed by atoms with van der Waals surface area (Å²) in [6.07, 6.45) is 5.64. The smallest absolute Gasteiger partial charge is 0.231 e. The second kappa shape index (κ2) is 3.73. The Balaban J connectivity index is 1.93. The Labute approximate surface area is 92.5 Å². The van der Waals surface area contributed by atoms with Gasteiger partial charge >= 0.3 is 0 Å². The summed E-state index contributed by atoms with van der Waals surface area (Å²) in [6.45, 7) is 0.296. The topological polar surface area (TPSA) is 47.1 Å². The molecule has 0 saturated carbocycles. The van der Waals surface area contributed by atoms with Crippen molar-refractivity contribution >= 4 is 12.2 Å². The third-order valence-corrected chi connectivity index (χ3v) is 2.39. The Morgan fingerprint density at radius 1 is 1.19 bits per heavy atom. The molecule has 0 saturated heterocycles. The summed E-state index contributed by atoms with van der Waals surface area (Å²) >= 11 is 0. The predicted octanol–water partition coefficient (Wildman–Crippen LogP) is 2.31. The Morgan fingerprint density at radius 2 is 2.19 bits per heavy atom. The molecule has 2 heterocycles. The highest BCUT2D eigenvalue weighted by Crippen LogP contribution is 2.36. The molecule has 1 aromatic heterocycles. The number of benzene rings is 1. The second-order valence-electron chi connectivity index (χ2n) is 3.43. The van der Waals surface area contributed by atoms with Gasteiger partial charge in [0.1, 0.15) is 0 Å². The van der Waals surface area contributed by atoms with Gasteiger partial charge in [0.25, 0.3) is 0 Å². The summed E-state index contributed by atoms with van der Waals surface area (Å²) in [4.78, 5) is 0. The zero-order valence-corrected chi connectivity index (χ0v) is 8.51. The summed E-state index contributed by atoms with van der Waals surface area (Å²) in [5, 5.41) is 6.74. The minimum atomic E-state index is 0.296. The van der Waals surface area contributed by atoms with Gasteiger partial charge in [-0.1, -0.05) is 12.1 Å². The number of hydrogen-bond acceptors (Lipinski definition) is 3. The van der Waals surface area contributed by atoms with E-state index in [0.29, 0.717) is 6.79 Å². The van der Waals surface area contributed by atoms with Gasteiger partial charge in [-0.3, -0.25) is 5.10 Å². The van der Waals surface area contributed by atoms with Crippen LogP contribution in [-0.2, 0) is 0 Å². The van der Waals surface area contributed by atoms with Crippen LogP contribution in [0.25, 0.3) is 12.2 Å². The zero-order valence-electron chi connectivity index (χ0n) is 8.51. The van der Waals surface area contributed by atoms with Crippen molar-refractivity contribution in [2.24, 2.45) is 0 Å². The maximum absolute atomic E-state index is 5.40. The zero-order chi connectivity index (χ0) is 10.8. The van der Waals surface area contributed by atoms with Crippen LogP contribution in [0.2, 0.25) is 0 Å². The monoisotopic (exact) mass is 214 g/mol. The first-order valence-electron chi connectivity index (χ1n) is 4.99. The quantitative estimate of drug-likeness (QED) is 0.834. The van der Waals surface area contributed by atoms with Gasteiger partial charge in [0.05, 0.1) is 5.69 Å². The van der Waals surface area contributed by atoms with Crippen molar-refractivity contribution in [2.75, 3.05) is 6.79 Å². The summed E-state index contributed by atoms with van der Waals surface area (Å²) < 4.78 is 10.7. The molecule has 0 radical (unpaired) electrons. The van der Waals surface area contributed by atoms with Gasteiger partial charge < -0.3 is 9.47 Å². The molecule has 1 aliphatic heterocycles. The van der Waals surface area contributed by atoms with Crippen molar-refractivity contribution < 1.29 is 9.47 Å². The molecular formula is C12H10N2O2. The van der Waals surface area contributed by atoms with Crippen LogP contribution in [0.1, 0.15) is 11.3 Å². The van der Waals surface area contributed by atoms with Gasteiger partial charge in [-0.2, -0.15) is 5.10 Å². The third-order valence-electron chi connectivity index (χ3n) is 2.39. The minimum Gasteiger partial charge on any atom is -0.454 e. The molecule has 1 aliphatic rings. The first kappa shape index (κ1) is 9.03. The molecular weight excluding hydrogens is 204 g/mol. The predicted molar refractivity (Wildman–Crippen MR) is 60.1 cm³/mol. The number of hydrogen-bond donors (Lipinski definition) is 1. The molecule has 4 nitrogen and oxygen atoms in total. The fraction of sp³-hybridized carbons (Fsp3) is 0.0833. The average Bonchev–Trinajstić information content (AvgIpc) is 2.97. The molecule has 1 aromatic carbocycles. The number of rotatable bonds is 2. The molecule has 16 heavy (non-hydrogen) atoms. The lowest BCUT2D eigenvalue weighted by atomic mass is 10.1. The average molecular weight is 214 g/mol. The van der Waals surface area contributed by atoms with Gasteiger partial charge in [-0.15, -0.1) is 0 Å². The normalized spacial score (nSPS) is 13.5. The standard InChI is InChI=1S/C12H10N2O2/c1-2-9(4-5-10-6-7-13-14-10)12-11(3-1)15-8-16-12/h1-7H,8H2,(H,13,14). The van der Waals surface area contributed by atoms with E-state index in [1.54, 1.807) is 6.20 Å². The van der Waals surface area contributed by atoms with Crippen LogP contribution >= 0.6 is 0 Å². The molecule has 1 N–H and O–H groups in total. The summed E-state index contributed by atoms with van der Waals surface area (Å²) in [7, 11) is 0. The maximum atomic E-state index is 5.40. The van der Waals surface area contributed by atoms with Crippen LogP contribution in [0.15, 0.2) is 30.5 Å². The summed E-state index contributed by atoms with van der Waals surface area (Å²) in [5.41, 5.74) is 1.96. The maximum Gasteiger partial charge on any atom is 0.231 e. The number of nitrogens with zero attached hydrogens (tertiary/aromatic N) is 1. The molecule has 0 amide bonds. The van der Waals surface area contributed by atoms with E-state index in [1.807, 2.05) is 36.4 Å². The number of aromatic amines is 1. The van der Waals surface area contributed by atoms with Gasteiger partial charge in [-0.05, 0) is 24.3 Å². The molecule has 0 fully saturated rings. The van der Waals surface area contributed by atoms with Gasteiger partial charge in [0.2, 0.25) is 6.79 Å². The largest absolute Gasteiger partial charge is 0.454 e. The van der Waals surface area contributed by atoms with Crippen LogP contribution in [0, 0.1) is 0 Å². The van der Waals surface area contributed by atoms with E-state index < -0.39 is 0 Å². The highest BCUT2D eigenvalue weighted by Gasteiger charge is 2.15. The highest BCUT2D eigenvalue weighted by atomic mass is 16.7. The van der Waals surface area contributed by atoms with Crippen LogP contribution in [0.5, 0.6) is 11.5 Å². The van der Waals surface area contributed by atoms with Crippen molar-refractivity contribution in [1.29, 1.82) is 0 Å². The van der Waals surface area contributed by atoms with E-state index in [4.69, 9.17) is 9.47 Å². The number of H-pyrrole nitrogens is 1. The lowest BCUT2D eigenvalue weighted by molar-refractivity contribution is 0.174. The molecule has 2 aromatic rings. The molecule has 80 valence electrons. The van der Waals surface area contributed by atoms with Crippen molar-refractivity contribution in [2.45, 2.75) is 0 Å². The van der Waals surface area contributed by atoms with Gasteiger partial charge in [0, 0.05) is 11.8 Å².